The van der Waals surface area contributed by atoms with Gasteiger partial charge in [0.25, 0.3) is 0 Å². The first-order valence-corrected chi connectivity index (χ1v) is 10.7. The topological polar surface area (TPSA) is 20.2 Å². The van der Waals surface area contributed by atoms with Crippen molar-refractivity contribution in [3.63, 3.8) is 0 Å². The molecule has 0 aliphatic rings. The second kappa shape index (κ2) is 12.6. The molecule has 26 heavy (non-hydrogen) atoms. The average molecular weight is 353 g/mol. The summed E-state index contributed by atoms with van der Waals surface area (Å²) in [7, 11) is 0. The van der Waals surface area contributed by atoms with Crippen LogP contribution in [-0.4, -0.2) is 5.11 Å². The van der Waals surface area contributed by atoms with Gasteiger partial charge in [0.2, 0.25) is 0 Å². The highest BCUT2D eigenvalue weighted by atomic mass is 16.3. The fraction of sp³-hybridized carbons (Fsp3) is 0.520. The summed E-state index contributed by atoms with van der Waals surface area (Å²) in [5, 5.41) is 9.60. The van der Waals surface area contributed by atoms with Crippen molar-refractivity contribution < 1.29 is 5.11 Å². The summed E-state index contributed by atoms with van der Waals surface area (Å²) in [6.45, 7) is 2.28. The zero-order valence-corrected chi connectivity index (χ0v) is 16.6. The first-order valence-electron chi connectivity index (χ1n) is 10.7. The minimum atomic E-state index is 0.326. The molecule has 0 amide bonds. The Hall–Kier alpha value is -1.76. The van der Waals surface area contributed by atoms with E-state index in [2.05, 4.69) is 31.2 Å². The van der Waals surface area contributed by atoms with Crippen LogP contribution in [0.4, 0.5) is 0 Å². The molecule has 0 atom stereocenters. The Bertz CT molecular complexity index is 600. The number of aromatic hydroxyl groups is 1. The normalized spacial score (nSPS) is 11.0. The van der Waals surface area contributed by atoms with E-state index in [-0.39, 0.29) is 0 Å². The molecule has 1 nitrogen and oxygen atoms in total. The summed E-state index contributed by atoms with van der Waals surface area (Å²) in [5.41, 5.74) is 3.67. The fourth-order valence-corrected chi connectivity index (χ4v) is 3.54. The van der Waals surface area contributed by atoms with Crippen LogP contribution in [0, 0.1) is 0 Å². The van der Waals surface area contributed by atoms with Crippen LogP contribution in [0.5, 0.6) is 5.75 Å². The quantitative estimate of drug-likeness (QED) is 0.363. The van der Waals surface area contributed by atoms with Crippen molar-refractivity contribution >= 4 is 0 Å². The average Bonchev–Trinajstić information content (AvgIpc) is 2.66. The van der Waals surface area contributed by atoms with Gasteiger partial charge in [0.15, 0.2) is 0 Å². The number of phenolic OH excluding ortho intramolecular Hbond substituents is 1. The molecule has 0 fully saturated rings. The zero-order valence-electron chi connectivity index (χ0n) is 16.6. The van der Waals surface area contributed by atoms with Gasteiger partial charge in [-0.1, -0.05) is 108 Å². The number of aryl methyl sites for hydroxylation is 1. The van der Waals surface area contributed by atoms with Gasteiger partial charge in [0, 0.05) is 0 Å². The van der Waals surface area contributed by atoms with Crippen molar-refractivity contribution in [1.82, 2.24) is 0 Å². The van der Waals surface area contributed by atoms with Crippen molar-refractivity contribution in [2.75, 3.05) is 0 Å². The lowest BCUT2D eigenvalue weighted by atomic mass is 10.0. The summed E-state index contributed by atoms with van der Waals surface area (Å²) < 4.78 is 0. The van der Waals surface area contributed by atoms with Crippen LogP contribution >= 0.6 is 0 Å². The Morgan fingerprint density at radius 1 is 0.615 bits per heavy atom. The molecule has 0 bridgehead atoms. The zero-order chi connectivity index (χ0) is 18.5. The lowest BCUT2D eigenvalue weighted by Gasteiger charge is -2.06. The van der Waals surface area contributed by atoms with Crippen LogP contribution in [0.3, 0.4) is 0 Å². The van der Waals surface area contributed by atoms with Crippen LogP contribution in [0.2, 0.25) is 0 Å². The monoisotopic (exact) mass is 352 g/mol. The Morgan fingerprint density at radius 3 is 1.77 bits per heavy atom. The van der Waals surface area contributed by atoms with Gasteiger partial charge in [-0.3, -0.25) is 0 Å². The molecular formula is C25H36O. The highest BCUT2D eigenvalue weighted by Gasteiger charge is 2.00. The van der Waals surface area contributed by atoms with Crippen LogP contribution in [0.25, 0.3) is 11.1 Å². The van der Waals surface area contributed by atoms with Crippen LogP contribution in [-0.2, 0) is 6.42 Å². The van der Waals surface area contributed by atoms with Crippen LogP contribution < -0.4 is 0 Å². The van der Waals surface area contributed by atoms with Gasteiger partial charge in [-0.15, -0.1) is 0 Å². The minimum absolute atomic E-state index is 0.326. The van der Waals surface area contributed by atoms with Crippen molar-refractivity contribution in [3.05, 3.63) is 54.1 Å². The molecule has 0 heterocycles. The number of unbranched alkanes of at least 4 members (excludes halogenated alkanes) is 10. The third kappa shape index (κ3) is 8.08. The van der Waals surface area contributed by atoms with Crippen LogP contribution in [0.1, 0.15) is 83.1 Å². The summed E-state index contributed by atoms with van der Waals surface area (Å²) >= 11 is 0. The Labute approximate surface area is 160 Å². The highest BCUT2D eigenvalue weighted by Crippen LogP contribution is 2.24. The smallest absolute Gasteiger partial charge is 0.116 e. The summed E-state index contributed by atoms with van der Waals surface area (Å²) in [6, 6.07) is 16.3. The maximum absolute atomic E-state index is 9.60. The van der Waals surface area contributed by atoms with E-state index in [0.717, 1.165) is 5.56 Å². The number of benzene rings is 2. The Balaban J connectivity index is 1.55. The molecule has 0 saturated heterocycles. The van der Waals surface area contributed by atoms with E-state index in [0.29, 0.717) is 5.75 Å². The Morgan fingerprint density at radius 2 is 1.19 bits per heavy atom. The third-order valence-corrected chi connectivity index (χ3v) is 5.20. The molecular weight excluding hydrogens is 316 g/mol. The van der Waals surface area contributed by atoms with Gasteiger partial charge >= 0.3 is 0 Å². The standard InChI is InChI=1S/C25H36O/c1-2-3-4-5-6-7-8-9-10-11-12-14-22-17-19-23(20-18-22)24-15-13-16-25(26)21-24/h13,15-21,26H,2-12,14H2,1H3. The fourth-order valence-electron chi connectivity index (χ4n) is 3.54. The van der Waals surface area contributed by atoms with Gasteiger partial charge in [-0.2, -0.15) is 0 Å². The van der Waals surface area contributed by atoms with E-state index in [9.17, 15) is 5.11 Å². The molecule has 142 valence electrons. The SMILES string of the molecule is CCCCCCCCCCCCCc1ccc(-c2cccc(O)c2)cc1. The van der Waals surface area contributed by atoms with E-state index in [4.69, 9.17) is 0 Å². The van der Waals surface area contributed by atoms with Gasteiger partial charge in [0.1, 0.15) is 5.75 Å². The first-order chi connectivity index (χ1) is 12.8. The van der Waals surface area contributed by atoms with E-state index >= 15 is 0 Å². The predicted molar refractivity (Wildman–Crippen MR) is 114 cm³/mol. The molecule has 1 N–H and O–H groups in total. The van der Waals surface area contributed by atoms with E-state index < -0.39 is 0 Å². The second-order valence-electron chi connectivity index (χ2n) is 7.53. The van der Waals surface area contributed by atoms with Crippen LogP contribution in [0.15, 0.2) is 48.5 Å². The van der Waals surface area contributed by atoms with Crippen molar-refractivity contribution in [3.8, 4) is 16.9 Å². The highest BCUT2D eigenvalue weighted by molar-refractivity contribution is 5.65. The number of hydrogen-bond acceptors (Lipinski definition) is 1. The number of phenols is 1. The molecule has 0 saturated carbocycles. The molecule has 1 heteroatoms. The van der Waals surface area contributed by atoms with E-state index in [1.165, 1.54) is 88.2 Å². The molecule has 0 radical (unpaired) electrons. The van der Waals surface area contributed by atoms with Gasteiger partial charge < -0.3 is 5.11 Å². The second-order valence-corrected chi connectivity index (χ2v) is 7.53. The molecule has 2 aromatic carbocycles. The maximum Gasteiger partial charge on any atom is 0.116 e. The molecule has 0 aliphatic carbocycles. The summed E-state index contributed by atoms with van der Waals surface area (Å²) in [4.78, 5) is 0. The lowest BCUT2D eigenvalue weighted by molar-refractivity contribution is 0.475. The van der Waals surface area contributed by atoms with Gasteiger partial charge in [-0.05, 0) is 41.7 Å². The van der Waals surface area contributed by atoms with Gasteiger partial charge in [0.05, 0.1) is 0 Å². The Kier molecular flexibility index (Phi) is 9.94. The van der Waals surface area contributed by atoms with E-state index in [1.807, 2.05) is 18.2 Å². The molecule has 0 spiro atoms. The van der Waals surface area contributed by atoms with Crippen molar-refractivity contribution in [1.29, 1.82) is 0 Å². The molecule has 2 rings (SSSR count). The molecule has 2 aromatic rings. The number of hydrogen-bond donors (Lipinski definition) is 1. The predicted octanol–water partition coefficient (Wildman–Crippen LogP) is 7.91. The lowest BCUT2D eigenvalue weighted by Crippen LogP contribution is -1.87. The third-order valence-electron chi connectivity index (χ3n) is 5.20. The molecule has 0 aliphatic heterocycles. The van der Waals surface area contributed by atoms with Crippen molar-refractivity contribution in [2.24, 2.45) is 0 Å². The molecule has 0 aromatic heterocycles. The van der Waals surface area contributed by atoms with E-state index in [1.54, 1.807) is 6.07 Å². The number of rotatable bonds is 13. The van der Waals surface area contributed by atoms with Crippen molar-refractivity contribution in [2.45, 2.75) is 84.0 Å². The minimum Gasteiger partial charge on any atom is -0.508 e. The summed E-state index contributed by atoms with van der Waals surface area (Å²) in [6.07, 6.45) is 16.5. The largest absolute Gasteiger partial charge is 0.508 e. The summed E-state index contributed by atoms with van der Waals surface area (Å²) in [5.74, 6) is 0.326. The molecule has 0 unspecified atom stereocenters. The van der Waals surface area contributed by atoms with Gasteiger partial charge in [-0.25, -0.2) is 0 Å². The first kappa shape index (κ1) is 20.6. The maximum atomic E-state index is 9.60.